The first-order valence-electron chi connectivity index (χ1n) is 4.24. The number of nitrogens with zero attached hydrogens (tertiary/aromatic N) is 1. The molecule has 1 saturated heterocycles. The van der Waals surface area contributed by atoms with Crippen molar-refractivity contribution in [3.63, 3.8) is 0 Å². The first-order chi connectivity index (χ1) is 6.11. The fourth-order valence-electron chi connectivity index (χ4n) is 1.50. The van der Waals surface area contributed by atoms with Gasteiger partial charge in [0.25, 0.3) is 0 Å². The first kappa shape index (κ1) is 10.2. The molecule has 0 spiro atoms. The summed E-state index contributed by atoms with van der Waals surface area (Å²) in [5.41, 5.74) is -1.65. The third kappa shape index (κ3) is 2.30. The number of aliphatic hydroxyl groups excluding tert-OH is 1. The quantitative estimate of drug-likeness (QED) is 0.658. The van der Waals surface area contributed by atoms with Gasteiger partial charge in [-0.1, -0.05) is 0 Å². The van der Waals surface area contributed by atoms with E-state index < -0.39 is 18.4 Å². The van der Waals surface area contributed by atoms with Gasteiger partial charge in [-0.3, -0.25) is 0 Å². The van der Waals surface area contributed by atoms with Crippen molar-refractivity contribution in [3.05, 3.63) is 0 Å². The molecule has 1 aliphatic rings. The number of carbonyl (C=O) groups is 1. The summed E-state index contributed by atoms with van der Waals surface area (Å²) in [5, 5.41) is 8.77. The highest BCUT2D eigenvalue weighted by atomic mass is 19.1. The molecule has 0 bridgehead atoms. The van der Waals surface area contributed by atoms with Crippen LogP contribution in [0.3, 0.4) is 0 Å². The second kappa shape index (κ2) is 3.91. The van der Waals surface area contributed by atoms with Gasteiger partial charge in [0, 0.05) is 6.54 Å². The number of carbonyl (C=O) groups excluding carboxylic acids is 1. The van der Waals surface area contributed by atoms with Gasteiger partial charge in [0.2, 0.25) is 0 Å². The molecule has 1 rings (SSSR count). The number of amides is 1. The Kier molecular flexibility index (Phi) is 3.08. The minimum absolute atomic E-state index is 0.0732. The van der Waals surface area contributed by atoms with Crippen LogP contribution in [0.25, 0.3) is 0 Å². The van der Waals surface area contributed by atoms with Gasteiger partial charge >= 0.3 is 6.09 Å². The SMILES string of the molecule is COC(=O)N1CCCC(F)(CO)C1. The average Bonchev–Trinajstić information content (AvgIpc) is 2.17. The third-order valence-electron chi connectivity index (χ3n) is 2.24. The van der Waals surface area contributed by atoms with E-state index >= 15 is 0 Å². The van der Waals surface area contributed by atoms with E-state index in [2.05, 4.69) is 4.74 Å². The van der Waals surface area contributed by atoms with Gasteiger partial charge in [0.05, 0.1) is 20.3 Å². The lowest BCUT2D eigenvalue weighted by atomic mass is 9.96. The first-order valence-corrected chi connectivity index (χ1v) is 4.24. The van der Waals surface area contributed by atoms with Crippen LogP contribution >= 0.6 is 0 Å². The average molecular weight is 191 g/mol. The van der Waals surface area contributed by atoms with E-state index in [1.807, 2.05) is 0 Å². The molecule has 1 N–H and O–H groups in total. The summed E-state index contributed by atoms with van der Waals surface area (Å²) in [5.74, 6) is 0. The summed E-state index contributed by atoms with van der Waals surface area (Å²) in [6, 6.07) is 0. The summed E-state index contributed by atoms with van der Waals surface area (Å²) in [6.07, 6.45) is 0.332. The van der Waals surface area contributed by atoms with Crippen molar-refractivity contribution >= 4 is 6.09 Å². The maximum atomic E-state index is 13.5. The molecule has 1 heterocycles. The van der Waals surface area contributed by atoms with Crippen molar-refractivity contribution in [1.82, 2.24) is 4.90 Å². The lowest BCUT2D eigenvalue weighted by molar-refractivity contribution is 0.000304. The summed E-state index contributed by atoms with van der Waals surface area (Å²) in [6.45, 7) is -0.116. The molecular formula is C8H14FNO3. The van der Waals surface area contributed by atoms with Crippen LogP contribution in [0.4, 0.5) is 9.18 Å². The molecule has 0 saturated carbocycles. The molecule has 1 amide bonds. The van der Waals surface area contributed by atoms with E-state index in [0.29, 0.717) is 19.4 Å². The zero-order valence-corrected chi connectivity index (χ0v) is 7.62. The Morgan fingerprint density at radius 1 is 1.77 bits per heavy atom. The number of ether oxygens (including phenoxy) is 1. The third-order valence-corrected chi connectivity index (χ3v) is 2.24. The molecule has 76 valence electrons. The monoisotopic (exact) mass is 191 g/mol. The molecule has 1 atom stereocenters. The highest BCUT2D eigenvalue weighted by Crippen LogP contribution is 2.24. The van der Waals surface area contributed by atoms with E-state index in [1.165, 1.54) is 12.0 Å². The predicted molar refractivity (Wildman–Crippen MR) is 44.1 cm³/mol. The number of methoxy groups -OCH3 is 1. The summed E-state index contributed by atoms with van der Waals surface area (Å²) >= 11 is 0. The van der Waals surface area contributed by atoms with Crippen molar-refractivity contribution in [2.24, 2.45) is 0 Å². The normalized spacial score (nSPS) is 28.7. The Bertz CT molecular complexity index is 200. The van der Waals surface area contributed by atoms with E-state index in [0.717, 1.165) is 0 Å². The molecule has 4 nitrogen and oxygen atoms in total. The summed E-state index contributed by atoms with van der Waals surface area (Å²) in [7, 11) is 1.26. The van der Waals surface area contributed by atoms with Crippen molar-refractivity contribution in [3.8, 4) is 0 Å². The highest BCUT2D eigenvalue weighted by Gasteiger charge is 2.36. The minimum Gasteiger partial charge on any atom is -0.453 e. The molecule has 0 aromatic heterocycles. The molecule has 0 aromatic rings. The van der Waals surface area contributed by atoms with E-state index in [-0.39, 0.29) is 6.54 Å². The number of hydrogen-bond donors (Lipinski definition) is 1. The molecule has 13 heavy (non-hydrogen) atoms. The zero-order chi connectivity index (χ0) is 9.90. The van der Waals surface area contributed by atoms with Gasteiger partial charge in [0.15, 0.2) is 5.67 Å². The van der Waals surface area contributed by atoms with Crippen LogP contribution in [0.15, 0.2) is 0 Å². The second-order valence-corrected chi connectivity index (χ2v) is 3.30. The molecule has 5 heteroatoms. The Balaban J connectivity index is 2.56. The van der Waals surface area contributed by atoms with Crippen LogP contribution in [0.2, 0.25) is 0 Å². The molecular weight excluding hydrogens is 177 g/mol. The van der Waals surface area contributed by atoms with Gasteiger partial charge in [-0.2, -0.15) is 0 Å². The van der Waals surface area contributed by atoms with Crippen molar-refractivity contribution in [2.45, 2.75) is 18.5 Å². The standard InChI is InChI=1S/C8H14FNO3/c1-13-7(12)10-4-2-3-8(9,5-10)6-11/h11H,2-6H2,1H3. The molecule has 1 unspecified atom stereocenters. The number of piperidine rings is 1. The van der Waals surface area contributed by atoms with Crippen LogP contribution < -0.4 is 0 Å². The topological polar surface area (TPSA) is 49.8 Å². The molecule has 1 fully saturated rings. The Hall–Kier alpha value is -0.840. The van der Waals surface area contributed by atoms with E-state index in [4.69, 9.17) is 5.11 Å². The number of aliphatic hydroxyl groups is 1. The van der Waals surface area contributed by atoms with E-state index in [1.54, 1.807) is 0 Å². The molecule has 0 aliphatic carbocycles. The smallest absolute Gasteiger partial charge is 0.409 e. The largest absolute Gasteiger partial charge is 0.453 e. The van der Waals surface area contributed by atoms with Crippen molar-refractivity contribution < 1.29 is 19.0 Å². The number of alkyl halides is 1. The Labute approximate surface area is 76.3 Å². The number of hydrogen-bond acceptors (Lipinski definition) is 3. The second-order valence-electron chi connectivity index (χ2n) is 3.30. The number of halogens is 1. The summed E-state index contributed by atoms with van der Waals surface area (Å²) in [4.78, 5) is 12.3. The maximum absolute atomic E-state index is 13.5. The van der Waals surface area contributed by atoms with Crippen molar-refractivity contribution in [1.29, 1.82) is 0 Å². The Morgan fingerprint density at radius 2 is 2.46 bits per heavy atom. The number of likely N-dealkylation sites (tertiary alicyclic amines) is 1. The van der Waals surface area contributed by atoms with E-state index in [9.17, 15) is 9.18 Å². The van der Waals surface area contributed by atoms with Gasteiger partial charge < -0.3 is 14.7 Å². The van der Waals surface area contributed by atoms with Gasteiger partial charge in [-0.15, -0.1) is 0 Å². The minimum atomic E-state index is -1.65. The van der Waals surface area contributed by atoms with Crippen LogP contribution in [-0.4, -0.2) is 48.6 Å². The highest BCUT2D eigenvalue weighted by molar-refractivity contribution is 5.67. The van der Waals surface area contributed by atoms with Gasteiger partial charge in [-0.05, 0) is 12.8 Å². The van der Waals surface area contributed by atoms with Crippen LogP contribution in [-0.2, 0) is 4.74 Å². The maximum Gasteiger partial charge on any atom is 0.409 e. The van der Waals surface area contributed by atoms with Gasteiger partial charge in [0.1, 0.15) is 0 Å². The number of rotatable bonds is 1. The zero-order valence-electron chi connectivity index (χ0n) is 7.62. The van der Waals surface area contributed by atoms with Crippen LogP contribution in [0, 0.1) is 0 Å². The van der Waals surface area contributed by atoms with Gasteiger partial charge in [-0.25, -0.2) is 9.18 Å². The molecule has 0 aromatic carbocycles. The Morgan fingerprint density at radius 3 is 3.00 bits per heavy atom. The molecule has 0 radical (unpaired) electrons. The van der Waals surface area contributed by atoms with Crippen molar-refractivity contribution in [2.75, 3.05) is 26.8 Å². The predicted octanol–water partition coefficient (Wildman–Crippen LogP) is 0.549. The van der Waals surface area contributed by atoms with Crippen LogP contribution in [0.5, 0.6) is 0 Å². The lowest BCUT2D eigenvalue weighted by Gasteiger charge is -2.35. The summed E-state index contributed by atoms with van der Waals surface area (Å²) < 4.78 is 18.0. The fraction of sp³-hybridized carbons (Fsp3) is 0.875. The lowest BCUT2D eigenvalue weighted by Crippen LogP contribution is -2.49. The van der Waals surface area contributed by atoms with Crippen LogP contribution in [0.1, 0.15) is 12.8 Å². The molecule has 1 aliphatic heterocycles. The fourth-order valence-corrected chi connectivity index (χ4v) is 1.50.